The van der Waals surface area contributed by atoms with Crippen molar-refractivity contribution in [2.75, 3.05) is 12.4 Å². The van der Waals surface area contributed by atoms with Gasteiger partial charge in [0.2, 0.25) is 5.89 Å². The number of nitrogens with one attached hydrogen (secondary N) is 2. The van der Waals surface area contributed by atoms with Gasteiger partial charge < -0.3 is 14.5 Å². The second-order valence-corrected chi connectivity index (χ2v) is 9.73. The summed E-state index contributed by atoms with van der Waals surface area (Å²) < 4.78 is 12.0. The molecule has 0 aliphatic heterocycles. The maximum atomic E-state index is 12.7. The Morgan fingerprint density at radius 2 is 2.00 bits per heavy atom. The third kappa shape index (κ3) is 5.66. The van der Waals surface area contributed by atoms with Gasteiger partial charge in [0, 0.05) is 10.0 Å². The van der Waals surface area contributed by atoms with Crippen LogP contribution in [0.15, 0.2) is 63.5 Å². The molecule has 0 spiro atoms. The number of ether oxygens (including phenoxy) is 1. The number of halogens is 2. The van der Waals surface area contributed by atoms with Crippen molar-refractivity contribution in [3.8, 4) is 17.2 Å². The molecule has 0 bridgehead atoms. The van der Waals surface area contributed by atoms with E-state index in [4.69, 9.17) is 33.0 Å². The van der Waals surface area contributed by atoms with Gasteiger partial charge in [0.25, 0.3) is 5.91 Å². The molecule has 2 N–H and O–H groups in total. The van der Waals surface area contributed by atoms with E-state index >= 15 is 0 Å². The summed E-state index contributed by atoms with van der Waals surface area (Å²) in [6.45, 7) is 4.35. The maximum absolute atomic E-state index is 12.7. The number of benzene rings is 3. The summed E-state index contributed by atoms with van der Waals surface area (Å²) in [7, 11) is 1.50. The number of hydrogen-bond donors (Lipinski definition) is 2. The third-order valence-corrected chi connectivity index (χ3v) is 6.71. The van der Waals surface area contributed by atoms with Gasteiger partial charge >= 0.3 is 0 Å². The van der Waals surface area contributed by atoms with Crippen molar-refractivity contribution < 1.29 is 13.9 Å². The zero-order valence-electron chi connectivity index (χ0n) is 19.3. The second kappa shape index (κ2) is 10.8. The van der Waals surface area contributed by atoms with Crippen molar-refractivity contribution in [3.63, 3.8) is 0 Å². The maximum Gasteiger partial charge on any atom is 0.261 e. The van der Waals surface area contributed by atoms with E-state index in [1.54, 1.807) is 30.3 Å². The molecule has 0 aliphatic rings. The lowest BCUT2D eigenvalue weighted by molar-refractivity contribution is 0.0974. The molecule has 0 unspecified atom stereocenters. The Morgan fingerprint density at radius 1 is 1.20 bits per heavy atom. The Hall–Kier alpha value is -2.94. The molecule has 1 aromatic heterocycles. The fourth-order valence-electron chi connectivity index (χ4n) is 3.55. The quantitative estimate of drug-likeness (QED) is 0.232. The summed E-state index contributed by atoms with van der Waals surface area (Å²) in [5.74, 6) is 0.930. The number of aromatic nitrogens is 1. The lowest BCUT2D eigenvalue weighted by atomic mass is 9.98. The highest BCUT2D eigenvalue weighted by Crippen LogP contribution is 2.32. The highest BCUT2D eigenvalue weighted by molar-refractivity contribution is 9.10. The zero-order valence-corrected chi connectivity index (χ0v) is 22.5. The van der Waals surface area contributed by atoms with Crippen LogP contribution in [0, 0.1) is 0 Å². The minimum atomic E-state index is -0.413. The molecule has 0 aliphatic carbocycles. The number of nitrogens with zero attached hydrogens (tertiary/aromatic N) is 1. The van der Waals surface area contributed by atoms with E-state index < -0.39 is 5.91 Å². The Morgan fingerprint density at radius 3 is 2.74 bits per heavy atom. The smallest absolute Gasteiger partial charge is 0.261 e. The fourth-order valence-corrected chi connectivity index (χ4v) is 4.27. The standard InChI is InChI=1S/C26H23BrClN3O3S/c1-4-14(2)15-6-9-23-21(11-15)29-25(34-23)16-5-8-19(28)20(12-16)30-26(35)31-24(32)18-13-17(27)7-10-22(18)33-3/h5-14H,4H2,1-3H3,(H2,30,31,32,35)/t14-/m1/s1. The summed E-state index contributed by atoms with van der Waals surface area (Å²) in [5, 5.41) is 6.16. The Kier molecular flexibility index (Phi) is 7.74. The Bertz CT molecular complexity index is 1420. The predicted octanol–water partition coefficient (Wildman–Crippen LogP) is 7.56. The van der Waals surface area contributed by atoms with Crippen molar-refractivity contribution in [2.24, 2.45) is 0 Å². The highest BCUT2D eigenvalue weighted by atomic mass is 79.9. The molecular weight excluding hydrogens is 550 g/mol. The third-order valence-electron chi connectivity index (χ3n) is 5.69. The zero-order chi connectivity index (χ0) is 25.1. The number of anilines is 1. The van der Waals surface area contributed by atoms with E-state index in [1.807, 2.05) is 12.1 Å². The molecule has 4 aromatic rings. The molecule has 35 heavy (non-hydrogen) atoms. The van der Waals surface area contributed by atoms with Crippen LogP contribution in [0.1, 0.15) is 42.1 Å². The van der Waals surface area contributed by atoms with Gasteiger partial charge in [-0.1, -0.05) is 47.4 Å². The molecule has 3 aromatic carbocycles. The van der Waals surface area contributed by atoms with Crippen LogP contribution in [0.3, 0.4) is 0 Å². The number of thiocarbonyl (C=S) groups is 1. The van der Waals surface area contributed by atoms with E-state index in [0.29, 0.717) is 39.4 Å². The number of rotatable bonds is 6. The van der Waals surface area contributed by atoms with E-state index in [1.165, 1.54) is 12.7 Å². The molecule has 0 fully saturated rings. The van der Waals surface area contributed by atoms with Gasteiger partial charge in [0.05, 0.1) is 23.4 Å². The number of fused-ring (bicyclic) bond motifs is 1. The average molecular weight is 573 g/mol. The SMILES string of the molecule is CC[C@@H](C)c1ccc2oc(-c3ccc(Cl)c(NC(=S)NC(=O)c4cc(Br)ccc4OC)c3)nc2c1. The van der Waals surface area contributed by atoms with Crippen molar-refractivity contribution in [1.82, 2.24) is 10.3 Å². The van der Waals surface area contributed by atoms with Crippen LogP contribution in [0.4, 0.5) is 5.69 Å². The van der Waals surface area contributed by atoms with Gasteiger partial charge in [0.1, 0.15) is 11.3 Å². The van der Waals surface area contributed by atoms with Crippen molar-refractivity contribution in [1.29, 1.82) is 0 Å². The molecule has 1 heterocycles. The lowest BCUT2D eigenvalue weighted by Crippen LogP contribution is -2.34. The molecule has 1 amide bonds. The van der Waals surface area contributed by atoms with Crippen molar-refractivity contribution in [2.45, 2.75) is 26.2 Å². The number of carbonyl (C=O) groups excluding carboxylic acids is 1. The summed E-state index contributed by atoms with van der Waals surface area (Å²) in [5.41, 5.74) is 4.31. The van der Waals surface area contributed by atoms with Crippen LogP contribution in [-0.4, -0.2) is 23.1 Å². The number of amides is 1. The molecule has 180 valence electrons. The average Bonchev–Trinajstić information content (AvgIpc) is 3.28. The summed E-state index contributed by atoms with van der Waals surface area (Å²) in [6, 6.07) is 16.5. The first-order valence-corrected chi connectivity index (χ1v) is 12.5. The van der Waals surface area contributed by atoms with E-state index in [-0.39, 0.29) is 5.11 Å². The normalized spacial score (nSPS) is 11.8. The summed E-state index contributed by atoms with van der Waals surface area (Å²) in [6.07, 6.45) is 1.05. The van der Waals surface area contributed by atoms with Crippen LogP contribution in [0.5, 0.6) is 5.75 Å². The van der Waals surface area contributed by atoms with Gasteiger partial charge in [-0.2, -0.15) is 0 Å². The highest BCUT2D eigenvalue weighted by Gasteiger charge is 2.16. The minimum Gasteiger partial charge on any atom is -0.496 e. The molecule has 0 saturated carbocycles. The molecule has 9 heteroatoms. The minimum absolute atomic E-state index is 0.0897. The van der Waals surface area contributed by atoms with E-state index in [2.05, 4.69) is 57.5 Å². The van der Waals surface area contributed by atoms with Crippen LogP contribution < -0.4 is 15.4 Å². The van der Waals surface area contributed by atoms with Gasteiger partial charge in [0.15, 0.2) is 10.7 Å². The van der Waals surface area contributed by atoms with Crippen molar-refractivity contribution in [3.05, 3.63) is 75.2 Å². The molecule has 6 nitrogen and oxygen atoms in total. The lowest BCUT2D eigenvalue weighted by Gasteiger charge is -2.13. The van der Waals surface area contributed by atoms with E-state index in [9.17, 15) is 4.79 Å². The summed E-state index contributed by atoms with van der Waals surface area (Å²) in [4.78, 5) is 17.4. The number of oxazole rings is 1. The molecule has 1 atom stereocenters. The predicted molar refractivity (Wildman–Crippen MR) is 148 cm³/mol. The molecular formula is C26H23BrClN3O3S. The van der Waals surface area contributed by atoms with Gasteiger partial charge in [-0.05, 0) is 78.7 Å². The van der Waals surface area contributed by atoms with Crippen LogP contribution in [0.2, 0.25) is 5.02 Å². The fraction of sp³-hybridized carbons (Fsp3) is 0.192. The first-order valence-electron chi connectivity index (χ1n) is 10.9. The van der Waals surface area contributed by atoms with Crippen LogP contribution in [-0.2, 0) is 0 Å². The first kappa shape index (κ1) is 25.2. The monoisotopic (exact) mass is 571 g/mol. The Balaban J connectivity index is 1.54. The Labute approximate surface area is 222 Å². The molecule has 0 saturated heterocycles. The van der Waals surface area contributed by atoms with Crippen LogP contribution in [0.25, 0.3) is 22.6 Å². The van der Waals surface area contributed by atoms with Gasteiger partial charge in [-0.3, -0.25) is 10.1 Å². The number of carbonyl (C=O) groups is 1. The first-order chi connectivity index (χ1) is 16.8. The van der Waals surface area contributed by atoms with Gasteiger partial charge in [-0.25, -0.2) is 4.98 Å². The van der Waals surface area contributed by atoms with E-state index in [0.717, 1.165) is 22.0 Å². The summed E-state index contributed by atoms with van der Waals surface area (Å²) >= 11 is 15.1. The molecule has 0 radical (unpaired) electrons. The van der Waals surface area contributed by atoms with Gasteiger partial charge in [-0.15, -0.1) is 0 Å². The molecule has 4 rings (SSSR count). The number of hydrogen-bond acceptors (Lipinski definition) is 5. The topological polar surface area (TPSA) is 76.4 Å². The van der Waals surface area contributed by atoms with Crippen LogP contribution >= 0.6 is 39.7 Å². The second-order valence-electron chi connectivity index (χ2n) is 8.00. The largest absolute Gasteiger partial charge is 0.496 e. The van der Waals surface area contributed by atoms with Crippen molar-refractivity contribution >= 4 is 67.6 Å². The number of methoxy groups -OCH3 is 1.